The second-order valence-corrected chi connectivity index (χ2v) is 5.50. The molecule has 1 unspecified atom stereocenters. The number of rotatable bonds is 7. The van der Waals surface area contributed by atoms with Crippen molar-refractivity contribution < 1.29 is 4.74 Å². The van der Waals surface area contributed by atoms with Crippen molar-refractivity contribution in [3.63, 3.8) is 0 Å². The first-order chi connectivity index (χ1) is 11.7. The summed E-state index contributed by atoms with van der Waals surface area (Å²) in [6.07, 6.45) is 4.49. The van der Waals surface area contributed by atoms with Crippen molar-refractivity contribution in [3.8, 4) is 5.75 Å². The molecule has 0 saturated heterocycles. The van der Waals surface area contributed by atoms with E-state index in [1.54, 1.807) is 19.4 Å². The van der Waals surface area contributed by atoms with Gasteiger partial charge in [0.2, 0.25) is 0 Å². The molecule has 6 heteroatoms. The fraction of sp³-hybridized carbons (Fsp3) is 0.368. The molecule has 0 aliphatic heterocycles. The molecule has 2 aromatic rings. The SMILES string of the molecule is CCc1ccc(C(C)NC(=NC)NCCOc2cccnc2)cc1.I. The summed E-state index contributed by atoms with van der Waals surface area (Å²) in [4.78, 5) is 8.28. The molecule has 0 radical (unpaired) electrons. The molecule has 0 spiro atoms. The zero-order valence-electron chi connectivity index (χ0n) is 15.0. The minimum absolute atomic E-state index is 0. The van der Waals surface area contributed by atoms with Gasteiger partial charge in [0.05, 0.1) is 18.8 Å². The number of aryl methyl sites for hydroxylation is 1. The predicted octanol–water partition coefficient (Wildman–Crippen LogP) is 3.57. The number of nitrogens with zero attached hydrogens (tertiary/aromatic N) is 2. The summed E-state index contributed by atoms with van der Waals surface area (Å²) in [5.74, 6) is 1.53. The zero-order chi connectivity index (χ0) is 17.2. The molecule has 0 saturated carbocycles. The van der Waals surface area contributed by atoms with Crippen molar-refractivity contribution in [1.29, 1.82) is 0 Å². The lowest BCUT2D eigenvalue weighted by Crippen LogP contribution is -2.40. The van der Waals surface area contributed by atoms with Gasteiger partial charge in [-0.1, -0.05) is 31.2 Å². The van der Waals surface area contributed by atoms with E-state index in [9.17, 15) is 0 Å². The fourth-order valence-corrected chi connectivity index (χ4v) is 2.30. The highest BCUT2D eigenvalue weighted by Crippen LogP contribution is 2.13. The van der Waals surface area contributed by atoms with E-state index in [0.29, 0.717) is 13.2 Å². The van der Waals surface area contributed by atoms with E-state index in [-0.39, 0.29) is 30.0 Å². The van der Waals surface area contributed by atoms with Crippen LogP contribution in [-0.2, 0) is 6.42 Å². The van der Waals surface area contributed by atoms with Crippen LogP contribution in [0.15, 0.2) is 53.8 Å². The maximum absolute atomic E-state index is 5.61. The van der Waals surface area contributed by atoms with E-state index in [1.165, 1.54) is 11.1 Å². The molecule has 136 valence electrons. The van der Waals surface area contributed by atoms with Crippen molar-refractivity contribution in [2.45, 2.75) is 26.3 Å². The van der Waals surface area contributed by atoms with Crippen LogP contribution < -0.4 is 15.4 Å². The Labute approximate surface area is 167 Å². The first kappa shape index (κ1) is 21.2. The van der Waals surface area contributed by atoms with Gasteiger partial charge in [-0.05, 0) is 36.6 Å². The van der Waals surface area contributed by atoms with E-state index in [0.717, 1.165) is 18.1 Å². The van der Waals surface area contributed by atoms with Crippen LogP contribution in [0, 0.1) is 0 Å². The quantitative estimate of drug-likeness (QED) is 0.291. The summed E-state index contributed by atoms with van der Waals surface area (Å²) in [7, 11) is 1.77. The van der Waals surface area contributed by atoms with Crippen LogP contribution in [0.1, 0.15) is 31.0 Å². The highest BCUT2D eigenvalue weighted by molar-refractivity contribution is 14.0. The Morgan fingerprint density at radius 2 is 2.00 bits per heavy atom. The fourth-order valence-electron chi connectivity index (χ4n) is 2.30. The number of aliphatic imine (C=N–C) groups is 1. The van der Waals surface area contributed by atoms with E-state index in [4.69, 9.17) is 4.74 Å². The number of guanidine groups is 1. The van der Waals surface area contributed by atoms with Gasteiger partial charge in [-0.15, -0.1) is 24.0 Å². The molecule has 5 nitrogen and oxygen atoms in total. The third-order valence-electron chi connectivity index (χ3n) is 3.76. The van der Waals surface area contributed by atoms with E-state index < -0.39 is 0 Å². The Morgan fingerprint density at radius 1 is 1.24 bits per heavy atom. The minimum Gasteiger partial charge on any atom is -0.490 e. The lowest BCUT2D eigenvalue weighted by molar-refractivity contribution is 0.320. The van der Waals surface area contributed by atoms with Crippen LogP contribution in [0.3, 0.4) is 0 Å². The minimum atomic E-state index is 0. The van der Waals surface area contributed by atoms with Gasteiger partial charge in [0.15, 0.2) is 5.96 Å². The molecule has 25 heavy (non-hydrogen) atoms. The number of aromatic nitrogens is 1. The van der Waals surface area contributed by atoms with Gasteiger partial charge in [-0.3, -0.25) is 9.98 Å². The van der Waals surface area contributed by atoms with Crippen LogP contribution in [0.5, 0.6) is 5.75 Å². The summed E-state index contributed by atoms with van der Waals surface area (Å²) in [6, 6.07) is 12.6. The van der Waals surface area contributed by atoms with Crippen LogP contribution in [-0.4, -0.2) is 31.1 Å². The van der Waals surface area contributed by atoms with E-state index in [2.05, 4.69) is 58.7 Å². The van der Waals surface area contributed by atoms with Gasteiger partial charge in [0.1, 0.15) is 12.4 Å². The second-order valence-electron chi connectivity index (χ2n) is 5.50. The third-order valence-corrected chi connectivity index (χ3v) is 3.76. The molecule has 1 aromatic carbocycles. The topological polar surface area (TPSA) is 58.5 Å². The van der Waals surface area contributed by atoms with Gasteiger partial charge < -0.3 is 15.4 Å². The highest BCUT2D eigenvalue weighted by Gasteiger charge is 2.07. The molecule has 0 fully saturated rings. The lowest BCUT2D eigenvalue weighted by atomic mass is 10.1. The normalized spacial score (nSPS) is 12.0. The number of hydrogen-bond donors (Lipinski definition) is 2. The average molecular weight is 454 g/mol. The van der Waals surface area contributed by atoms with Crippen LogP contribution >= 0.6 is 24.0 Å². The third kappa shape index (κ3) is 7.29. The molecule has 0 aliphatic carbocycles. The van der Waals surface area contributed by atoms with Crippen LogP contribution in [0.2, 0.25) is 0 Å². The second kappa shape index (κ2) is 11.7. The number of halogens is 1. The average Bonchev–Trinajstić information content (AvgIpc) is 2.65. The predicted molar refractivity (Wildman–Crippen MR) is 114 cm³/mol. The first-order valence-corrected chi connectivity index (χ1v) is 8.31. The Hall–Kier alpha value is -1.83. The molecule has 0 aliphatic rings. The molecule has 1 heterocycles. The summed E-state index contributed by atoms with van der Waals surface area (Å²) in [6.45, 7) is 5.50. The largest absolute Gasteiger partial charge is 0.490 e. The maximum Gasteiger partial charge on any atom is 0.191 e. The highest BCUT2D eigenvalue weighted by atomic mass is 127. The Kier molecular flexibility index (Phi) is 9.91. The van der Waals surface area contributed by atoms with Gasteiger partial charge >= 0.3 is 0 Å². The molecular weight excluding hydrogens is 427 g/mol. The summed E-state index contributed by atoms with van der Waals surface area (Å²) in [5.41, 5.74) is 2.59. The van der Waals surface area contributed by atoms with Crippen LogP contribution in [0.25, 0.3) is 0 Å². The lowest BCUT2D eigenvalue weighted by Gasteiger charge is -2.18. The smallest absolute Gasteiger partial charge is 0.191 e. The molecule has 2 N–H and O–H groups in total. The van der Waals surface area contributed by atoms with Crippen molar-refractivity contribution in [2.24, 2.45) is 4.99 Å². The number of benzene rings is 1. The Morgan fingerprint density at radius 3 is 2.60 bits per heavy atom. The van der Waals surface area contributed by atoms with E-state index in [1.807, 2.05) is 12.1 Å². The summed E-state index contributed by atoms with van der Waals surface area (Å²) in [5, 5.41) is 6.65. The number of hydrogen-bond acceptors (Lipinski definition) is 3. The number of pyridine rings is 1. The number of ether oxygens (including phenoxy) is 1. The molecule has 2 rings (SSSR count). The van der Waals surface area contributed by atoms with Crippen molar-refractivity contribution in [2.75, 3.05) is 20.2 Å². The van der Waals surface area contributed by atoms with Crippen molar-refractivity contribution in [1.82, 2.24) is 15.6 Å². The Balaban J connectivity index is 0.00000312. The standard InChI is InChI=1S/C19H26N4O.HI/c1-4-16-7-9-17(10-8-16)15(2)23-19(20-3)22-12-13-24-18-6-5-11-21-14-18;/h5-11,14-15H,4,12-13H2,1-3H3,(H2,20,22,23);1H. The Bertz CT molecular complexity index is 632. The molecule has 0 bridgehead atoms. The molecule has 1 aromatic heterocycles. The monoisotopic (exact) mass is 454 g/mol. The van der Waals surface area contributed by atoms with Gasteiger partial charge in [0.25, 0.3) is 0 Å². The van der Waals surface area contributed by atoms with Crippen LogP contribution in [0.4, 0.5) is 0 Å². The van der Waals surface area contributed by atoms with Gasteiger partial charge in [0, 0.05) is 13.2 Å². The molecular formula is C19H27IN4O. The molecule has 0 amide bonds. The summed E-state index contributed by atoms with van der Waals surface area (Å²) < 4.78 is 5.61. The van der Waals surface area contributed by atoms with Gasteiger partial charge in [-0.2, -0.15) is 0 Å². The first-order valence-electron chi connectivity index (χ1n) is 8.31. The molecule has 1 atom stereocenters. The maximum atomic E-state index is 5.61. The van der Waals surface area contributed by atoms with Crippen molar-refractivity contribution >= 4 is 29.9 Å². The number of nitrogens with one attached hydrogen (secondary N) is 2. The zero-order valence-corrected chi connectivity index (χ0v) is 17.4. The van der Waals surface area contributed by atoms with Gasteiger partial charge in [-0.25, -0.2) is 0 Å². The van der Waals surface area contributed by atoms with Crippen molar-refractivity contribution in [3.05, 3.63) is 59.9 Å². The summed E-state index contributed by atoms with van der Waals surface area (Å²) >= 11 is 0. The van der Waals surface area contributed by atoms with E-state index >= 15 is 0 Å².